The van der Waals surface area contributed by atoms with Crippen LogP contribution in [0.3, 0.4) is 0 Å². The largest absolute Gasteiger partial charge is 0.392 e. The molecule has 1 aromatic rings. The molecule has 0 bridgehead atoms. The molecule has 3 N–H and O–H groups in total. The summed E-state index contributed by atoms with van der Waals surface area (Å²) in [6, 6.07) is 8.44. The summed E-state index contributed by atoms with van der Waals surface area (Å²) in [6.45, 7) is 9.16. The molecule has 0 saturated carbocycles. The fourth-order valence-corrected chi connectivity index (χ4v) is 2.74. The number of aliphatic imine (C=N–C) groups is 1. The number of rotatable bonds is 6. The molecule has 0 aromatic heterocycles. The van der Waals surface area contributed by atoms with Gasteiger partial charge < -0.3 is 15.7 Å². The Morgan fingerprint density at radius 2 is 1.91 bits per heavy atom. The fourth-order valence-electron chi connectivity index (χ4n) is 2.74. The molecule has 1 aliphatic heterocycles. The van der Waals surface area contributed by atoms with E-state index >= 15 is 0 Å². The van der Waals surface area contributed by atoms with E-state index in [4.69, 9.17) is 0 Å². The highest BCUT2D eigenvalue weighted by Crippen LogP contribution is 2.17. The van der Waals surface area contributed by atoms with Gasteiger partial charge in [0.15, 0.2) is 5.96 Å². The first-order valence-electron chi connectivity index (χ1n) is 8.22. The third-order valence-corrected chi connectivity index (χ3v) is 3.86. The summed E-state index contributed by atoms with van der Waals surface area (Å²) in [7, 11) is 0. The molecule has 1 heterocycles. The van der Waals surface area contributed by atoms with Gasteiger partial charge in [-0.3, -0.25) is 4.90 Å². The van der Waals surface area contributed by atoms with Crippen LogP contribution in [0.4, 0.5) is 0 Å². The molecule has 5 heteroatoms. The number of β-amino-alcohol motifs (C(OH)–C–C–N with tert-alkyl or cyclic N) is 1. The fraction of sp³-hybridized carbons (Fsp3) is 0.588. The Kier molecular flexibility index (Phi) is 6.68. The molecule has 5 nitrogen and oxygen atoms in total. The van der Waals surface area contributed by atoms with Gasteiger partial charge in [-0.1, -0.05) is 24.3 Å². The second kappa shape index (κ2) is 8.76. The molecule has 0 aliphatic carbocycles. The average molecular weight is 304 g/mol. The Morgan fingerprint density at radius 3 is 2.50 bits per heavy atom. The Bertz CT molecular complexity index is 481. The smallest absolute Gasteiger partial charge is 0.191 e. The standard InChI is InChI=1S/C17H28N4O/c1-3-18-17(19-4-2)20-11-14-7-5-6-8-15(14)12-21-10-9-16(22)13-21/h5-8,16,22H,3-4,9-13H2,1-2H3,(H2,18,19,20). The van der Waals surface area contributed by atoms with Crippen molar-refractivity contribution in [1.29, 1.82) is 0 Å². The molecule has 122 valence electrons. The Morgan fingerprint density at radius 1 is 1.23 bits per heavy atom. The van der Waals surface area contributed by atoms with Crippen molar-refractivity contribution >= 4 is 5.96 Å². The lowest BCUT2D eigenvalue weighted by molar-refractivity contribution is 0.174. The molecule has 1 aliphatic rings. The first-order valence-corrected chi connectivity index (χ1v) is 8.22. The second-order valence-corrected chi connectivity index (χ2v) is 5.67. The van der Waals surface area contributed by atoms with Crippen LogP contribution >= 0.6 is 0 Å². The first kappa shape index (κ1) is 16.8. The monoisotopic (exact) mass is 304 g/mol. The lowest BCUT2D eigenvalue weighted by Gasteiger charge is -2.17. The number of hydrogen-bond acceptors (Lipinski definition) is 3. The Labute approximate surface area is 133 Å². The molecule has 2 rings (SSSR count). The third kappa shape index (κ3) is 5.00. The molecule has 1 atom stereocenters. The van der Waals surface area contributed by atoms with Crippen molar-refractivity contribution in [3.63, 3.8) is 0 Å². The van der Waals surface area contributed by atoms with Gasteiger partial charge in [-0.05, 0) is 31.4 Å². The van der Waals surface area contributed by atoms with Crippen molar-refractivity contribution in [1.82, 2.24) is 15.5 Å². The highest BCUT2D eigenvalue weighted by atomic mass is 16.3. The molecule has 1 saturated heterocycles. The van der Waals surface area contributed by atoms with Crippen molar-refractivity contribution in [3.05, 3.63) is 35.4 Å². The minimum atomic E-state index is -0.167. The van der Waals surface area contributed by atoms with Crippen molar-refractivity contribution in [2.45, 2.75) is 39.5 Å². The molecule has 1 aromatic carbocycles. The first-order chi connectivity index (χ1) is 10.7. The number of benzene rings is 1. The van der Waals surface area contributed by atoms with Gasteiger partial charge in [-0.15, -0.1) is 0 Å². The zero-order valence-corrected chi connectivity index (χ0v) is 13.7. The highest BCUT2D eigenvalue weighted by Gasteiger charge is 2.20. The van der Waals surface area contributed by atoms with Crippen LogP contribution < -0.4 is 10.6 Å². The molecule has 0 amide bonds. The topological polar surface area (TPSA) is 59.9 Å². The highest BCUT2D eigenvalue weighted by molar-refractivity contribution is 5.79. The van der Waals surface area contributed by atoms with E-state index in [9.17, 15) is 5.11 Å². The van der Waals surface area contributed by atoms with E-state index in [0.29, 0.717) is 6.54 Å². The second-order valence-electron chi connectivity index (χ2n) is 5.67. The zero-order valence-electron chi connectivity index (χ0n) is 13.7. The Hall–Kier alpha value is -1.59. The van der Waals surface area contributed by atoms with E-state index in [-0.39, 0.29) is 6.10 Å². The van der Waals surface area contributed by atoms with Gasteiger partial charge in [0.05, 0.1) is 12.6 Å². The minimum Gasteiger partial charge on any atom is -0.392 e. The number of likely N-dealkylation sites (tertiary alicyclic amines) is 1. The number of aliphatic hydroxyl groups excluding tert-OH is 1. The van der Waals surface area contributed by atoms with E-state index < -0.39 is 0 Å². The third-order valence-electron chi connectivity index (χ3n) is 3.86. The molecule has 1 unspecified atom stereocenters. The summed E-state index contributed by atoms with van der Waals surface area (Å²) in [4.78, 5) is 6.96. The maximum atomic E-state index is 9.66. The van der Waals surface area contributed by atoms with Gasteiger partial charge in [0.1, 0.15) is 0 Å². The quantitative estimate of drug-likeness (QED) is 0.548. The van der Waals surface area contributed by atoms with Crippen LogP contribution in [0.2, 0.25) is 0 Å². The van der Waals surface area contributed by atoms with Crippen LogP contribution in [0, 0.1) is 0 Å². The van der Waals surface area contributed by atoms with Gasteiger partial charge in [0.2, 0.25) is 0 Å². The van der Waals surface area contributed by atoms with Gasteiger partial charge in [-0.25, -0.2) is 4.99 Å². The summed E-state index contributed by atoms with van der Waals surface area (Å²) in [5.74, 6) is 0.858. The molecule has 22 heavy (non-hydrogen) atoms. The average Bonchev–Trinajstić information content (AvgIpc) is 2.92. The van der Waals surface area contributed by atoms with Crippen LogP contribution in [-0.4, -0.2) is 48.2 Å². The van der Waals surface area contributed by atoms with Gasteiger partial charge in [-0.2, -0.15) is 0 Å². The van der Waals surface area contributed by atoms with Crippen LogP contribution in [0.1, 0.15) is 31.4 Å². The SMILES string of the molecule is CCNC(=NCc1ccccc1CN1CCC(O)C1)NCC. The van der Waals surface area contributed by atoms with E-state index in [1.165, 1.54) is 11.1 Å². The zero-order chi connectivity index (χ0) is 15.8. The van der Waals surface area contributed by atoms with E-state index in [1.54, 1.807) is 0 Å². The van der Waals surface area contributed by atoms with Crippen molar-refractivity contribution in [2.75, 3.05) is 26.2 Å². The summed E-state index contributed by atoms with van der Waals surface area (Å²) in [5, 5.41) is 16.2. The van der Waals surface area contributed by atoms with Gasteiger partial charge in [0, 0.05) is 32.7 Å². The van der Waals surface area contributed by atoms with E-state index in [0.717, 1.165) is 45.1 Å². The number of nitrogens with one attached hydrogen (secondary N) is 2. The van der Waals surface area contributed by atoms with Crippen LogP contribution in [-0.2, 0) is 13.1 Å². The van der Waals surface area contributed by atoms with Crippen LogP contribution in [0.25, 0.3) is 0 Å². The summed E-state index contributed by atoms with van der Waals surface area (Å²) >= 11 is 0. The van der Waals surface area contributed by atoms with Crippen LogP contribution in [0.15, 0.2) is 29.3 Å². The molecular weight excluding hydrogens is 276 g/mol. The summed E-state index contributed by atoms with van der Waals surface area (Å²) in [6.07, 6.45) is 0.713. The molecular formula is C17H28N4O. The maximum absolute atomic E-state index is 9.66. The predicted octanol–water partition coefficient (Wildman–Crippen LogP) is 1.33. The minimum absolute atomic E-state index is 0.167. The van der Waals surface area contributed by atoms with Crippen LogP contribution in [0.5, 0.6) is 0 Å². The maximum Gasteiger partial charge on any atom is 0.191 e. The number of guanidine groups is 1. The van der Waals surface area contributed by atoms with Gasteiger partial charge >= 0.3 is 0 Å². The summed E-state index contributed by atoms with van der Waals surface area (Å²) < 4.78 is 0. The van der Waals surface area contributed by atoms with E-state index in [1.807, 2.05) is 0 Å². The molecule has 1 fully saturated rings. The number of aliphatic hydroxyl groups is 1. The van der Waals surface area contributed by atoms with E-state index in [2.05, 4.69) is 58.6 Å². The molecule has 0 spiro atoms. The molecule has 0 radical (unpaired) electrons. The lowest BCUT2D eigenvalue weighted by Crippen LogP contribution is -2.37. The van der Waals surface area contributed by atoms with Crippen molar-refractivity contribution < 1.29 is 5.11 Å². The van der Waals surface area contributed by atoms with Gasteiger partial charge in [0.25, 0.3) is 0 Å². The van der Waals surface area contributed by atoms with Crippen molar-refractivity contribution in [3.8, 4) is 0 Å². The Balaban J connectivity index is 2.02. The normalized spacial score (nSPS) is 18.2. The number of hydrogen-bond donors (Lipinski definition) is 3. The summed E-state index contributed by atoms with van der Waals surface area (Å²) in [5.41, 5.74) is 2.55. The predicted molar refractivity (Wildman–Crippen MR) is 90.8 cm³/mol. The number of nitrogens with zero attached hydrogens (tertiary/aromatic N) is 2. The lowest BCUT2D eigenvalue weighted by atomic mass is 10.1. The van der Waals surface area contributed by atoms with Crippen molar-refractivity contribution in [2.24, 2.45) is 4.99 Å².